The van der Waals surface area contributed by atoms with Crippen LogP contribution in [-0.4, -0.2) is 49.7 Å². The number of aromatic nitrogens is 2. The van der Waals surface area contributed by atoms with E-state index in [0.717, 1.165) is 54.5 Å². The molecule has 1 aliphatic rings. The summed E-state index contributed by atoms with van der Waals surface area (Å²) >= 11 is 12.9. The maximum absolute atomic E-state index is 12.5. The Morgan fingerprint density at radius 2 is 1.74 bits per heavy atom. The van der Waals surface area contributed by atoms with Crippen molar-refractivity contribution in [2.24, 2.45) is 11.8 Å². The predicted octanol–water partition coefficient (Wildman–Crippen LogP) is 4.60. The van der Waals surface area contributed by atoms with Gasteiger partial charge in [0.15, 0.2) is 0 Å². The van der Waals surface area contributed by atoms with Crippen LogP contribution >= 0.6 is 34.5 Å². The first kappa shape index (κ1) is 25.4. The Bertz CT molecular complexity index is 1230. The Morgan fingerprint density at radius 3 is 2.41 bits per heavy atom. The van der Waals surface area contributed by atoms with Gasteiger partial charge in [-0.2, -0.15) is 4.98 Å². The molecule has 2 aromatic heterocycles. The second-order valence-corrected chi connectivity index (χ2v) is 12.4. The first-order chi connectivity index (χ1) is 16.4. The molecular weight excluding hydrogens is 517 g/mol. The van der Waals surface area contributed by atoms with Crippen molar-refractivity contribution in [3.8, 4) is 0 Å². The summed E-state index contributed by atoms with van der Waals surface area (Å²) in [5.74, 6) is 2.00. The molecule has 184 valence electrons. The largest absolute Gasteiger partial charge is 0.395 e. The number of thiophene rings is 1. The highest BCUT2D eigenvalue weighted by Gasteiger charge is 2.25. The average molecular weight is 545 g/mol. The molecule has 12 heteroatoms. The number of hydrogen-bond donors (Lipinski definition) is 4. The van der Waals surface area contributed by atoms with E-state index < -0.39 is 10.0 Å². The van der Waals surface area contributed by atoms with Gasteiger partial charge in [0.2, 0.25) is 16.0 Å². The number of aliphatic hydroxyl groups excluding tert-OH is 1. The number of nitrogens with zero attached hydrogens (tertiary/aromatic N) is 2. The number of benzene rings is 1. The number of fused-ring (bicyclic) bond motifs is 1. The molecule has 0 radical (unpaired) electrons. The summed E-state index contributed by atoms with van der Waals surface area (Å²) in [5.41, 5.74) is 0.837. The molecule has 34 heavy (non-hydrogen) atoms. The van der Waals surface area contributed by atoms with E-state index >= 15 is 0 Å². The van der Waals surface area contributed by atoms with Gasteiger partial charge in [-0.05, 0) is 55.7 Å². The van der Waals surface area contributed by atoms with Crippen molar-refractivity contribution in [1.82, 2.24) is 14.7 Å². The van der Waals surface area contributed by atoms with E-state index in [9.17, 15) is 8.42 Å². The Kier molecular flexibility index (Phi) is 8.49. The fourth-order valence-electron chi connectivity index (χ4n) is 4.15. The van der Waals surface area contributed by atoms with Crippen molar-refractivity contribution >= 4 is 67.2 Å². The quantitative estimate of drug-likeness (QED) is 0.295. The zero-order chi connectivity index (χ0) is 24.1. The minimum atomic E-state index is -3.66. The molecule has 0 atom stereocenters. The predicted molar refractivity (Wildman–Crippen MR) is 139 cm³/mol. The Labute approximate surface area is 213 Å². The summed E-state index contributed by atoms with van der Waals surface area (Å²) in [7, 11) is -3.66. The number of anilines is 2. The second-order valence-electron chi connectivity index (χ2n) is 8.37. The molecule has 3 aromatic rings. The lowest BCUT2D eigenvalue weighted by molar-refractivity contribution is 0.284. The summed E-state index contributed by atoms with van der Waals surface area (Å²) in [6.07, 6.45) is 3.87. The minimum Gasteiger partial charge on any atom is -0.395 e. The molecule has 0 amide bonds. The third-order valence-corrected chi connectivity index (χ3v) is 9.18. The SMILES string of the molecule is O=S(=O)(NCC1CCC(CNc2nc(NCCO)c3ccccc3n2)CC1)c1cc(Cl)sc1Cl. The normalized spacial score (nSPS) is 18.8. The zero-order valence-corrected chi connectivity index (χ0v) is 21.6. The van der Waals surface area contributed by atoms with Gasteiger partial charge in [-0.25, -0.2) is 18.1 Å². The minimum absolute atomic E-state index is 0.0224. The molecular formula is C22H27Cl2N5O3S2. The van der Waals surface area contributed by atoms with Crippen molar-refractivity contribution in [1.29, 1.82) is 0 Å². The van der Waals surface area contributed by atoms with Crippen LogP contribution in [0.3, 0.4) is 0 Å². The van der Waals surface area contributed by atoms with E-state index in [1.165, 1.54) is 6.07 Å². The summed E-state index contributed by atoms with van der Waals surface area (Å²) in [6, 6.07) is 9.15. The number of para-hydroxylation sites is 1. The van der Waals surface area contributed by atoms with Crippen LogP contribution in [0.5, 0.6) is 0 Å². The van der Waals surface area contributed by atoms with E-state index in [1.54, 1.807) is 0 Å². The molecule has 0 saturated heterocycles. The van der Waals surface area contributed by atoms with E-state index in [-0.39, 0.29) is 21.8 Å². The van der Waals surface area contributed by atoms with E-state index in [4.69, 9.17) is 28.3 Å². The van der Waals surface area contributed by atoms with Gasteiger partial charge >= 0.3 is 0 Å². The average Bonchev–Trinajstić information content (AvgIpc) is 3.19. The third-order valence-electron chi connectivity index (χ3n) is 6.00. The van der Waals surface area contributed by atoms with Gasteiger partial charge in [0.05, 0.1) is 16.5 Å². The molecule has 0 spiro atoms. The molecule has 0 unspecified atom stereocenters. The molecule has 8 nitrogen and oxygen atoms in total. The van der Waals surface area contributed by atoms with Gasteiger partial charge < -0.3 is 15.7 Å². The van der Waals surface area contributed by atoms with Crippen LogP contribution in [0.1, 0.15) is 25.7 Å². The molecule has 4 N–H and O–H groups in total. The van der Waals surface area contributed by atoms with Gasteiger partial charge in [0, 0.05) is 25.0 Å². The highest BCUT2D eigenvalue weighted by atomic mass is 35.5. The number of hydrogen-bond acceptors (Lipinski definition) is 8. The third kappa shape index (κ3) is 6.30. The standard InChI is InChI=1S/C22H27Cl2N5O3S2/c23-19-11-18(20(24)33-19)34(31,32)27-13-15-7-5-14(6-8-15)12-26-22-28-17-4-2-1-3-16(17)21(29-22)25-9-10-30/h1-4,11,14-15,27,30H,5-10,12-13H2,(H2,25,26,28,29). The summed E-state index contributed by atoms with van der Waals surface area (Å²) < 4.78 is 28.3. The molecule has 0 aliphatic heterocycles. The summed E-state index contributed by atoms with van der Waals surface area (Å²) in [5, 5.41) is 16.6. The number of sulfonamides is 1. The molecule has 4 rings (SSSR count). The number of nitrogens with one attached hydrogen (secondary N) is 3. The van der Waals surface area contributed by atoms with Crippen molar-refractivity contribution in [2.45, 2.75) is 30.6 Å². The van der Waals surface area contributed by atoms with Crippen LogP contribution in [0.2, 0.25) is 8.67 Å². The second kappa shape index (κ2) is 11.4. The fourth-order valence-corrected chi connectivity index (χ4v) is 7.42. The van der Waals surface area contributed by atoms with Gasteiger partial charge in [0.1, 0.15) is 15.0 Å². The molecule has 1 aliphatic carbocycles. The molecule has 1 saturated carbocycles. The molecule has 1 aromatic carbocycles. The maximum Gasteiger partial charge on any atom is 0.242 e. The lowest BCUT2D eigenvalue weighted by Gasteiger charge is -2.28. The Balaban J connectivity index is 1.28. The number of halogens is 2. The smallest absolute Gasteiger partial charge is 0.242 e. The van der Waals surface area contributed by atoms with Crippen LogP contribution in [0, 0.1) is 11.8 Å². The highest BCUT2D eigenvalue weighted by molar-refractivity contribution is 7.89. The van der Waals surface area contributed by atoms with Gasteiger partial charge in [-0.15, -0.1) is 11.3 Å². The van der Waals surface area contributed by atoms with Crippen molar-refractivity contribution in [3.05, 3.63) is 39.0 Å². The van der Waals surface area contributed by atoms with Gasteiger partial charge in [0.25, 0.3) is 0 Å². The monoisotopic (exact) mass is 543 g/mol. The summed E-state index contributed by atoms with van der Waals surface area (Å²) in [4.78, 5) is 9.25. The van der Waals surface area contributed by atoms with Crippen LogP contribution in [-0.2, 0) is 10.0 Å². The van der Waals surface area contributed by atoms with Gasteiger partial charge in [-0.1, -0.05) is 35.3 Å². The Morgan fingerprint density at radius 1 is 1.03 bits per heavy atom. The first-order valence-electron chi connectivity index (χ1n) is 11.2. The fraction of sp³-hybridized carbons (Fsp3) is 0.455. The maximum atomic E-state index is 12.5. The number of rotatable bonds is 10. The zero-order valence-electron chi connectivity index (χ0n) is 18.4. The van der Waals surface area contributed by atoms with Crippen molar-refractivity contribution < 1.29 is 13.5 Å². The van der Waals surface area contributed by atoms with E-state index in [2.05, 4.69) is 25.3 Å². The van der Waals surface area contributed by atoms with E-state index in [1.807, 2.05) is 24.3 Å². The van der Waals surface area contributed by atoms with Crippen LogP contribution in [0.15, 0.2) is 35.2 Å². The van der Waals surface area contributed by atoms with Crippen molar-refractivity contribution in [3.63, 3.8) is 0 Å². The number of aliphatic hydroxyl groups is 1. The topological polar surface area (TPSA) is 116 Å². The Hall–Kier alpha value is -1.69. The van der Waals surface area contributed by atoms with Crippen LogP contribution in [0.25, 0.3) is 10.9 Å². The molecule has 1 fully saturated rings. The van der Waals surface area contributed by atoms with Crippen LogP contribution < -0.4 is 15.4 Å². The lowest BCUT2D eigenvalue weighted by Crippen LogP contribution is -2.32. The lowest BCUT2D eigenvalue weighted by atomic mass is 9.82. The first-order valence-corrected chi connectivity index (χ1v) is 14.2. The van der Waals surface area contributed by atoms with Crippen molar-refractivity contribution in [2.75, 3.05) is 36.9 Å². The molecule has 2 heterocycles. The summed E-state index contributed by atoms with van der Waals surface area (Å²) in [6.45, 7) is 1.58. The van der Waals surface area contributed by atoms with Crippen LogP contribution in [0.4, 0.5) is 11.8 Å². The van der Waals surface area contributed by atoms with Gasteiger partial charge in [-0.3, -0.25) is 0 Å². The highest BCUT2D eigenvalue weighted by Crippen LogP contribution is 2.35. The van der Waals surface area contributed by atoms with E-state index in [0.29, 0.717) is 35.1 Å². The molecule has 0 bridgehead atoms.